The summed E-state index contributed by atoms with van der Waals surface area (Å²) in [5.74, 6) is -1.03. The Balaban J connectivity index is 1.52. The third-order valence-corrected chi connectivity index (χ3v) is 6.37. The van der Waals surface area contributed by atoms with Gasteiger partial charge in [-0.15, -0.1) is 0 Å². The first-order valence-corrected chi connectivity index (χ1v) is 11.0. The van der Waals surface area contributed by atoms with Crippen molar-refractivity contribution in [2.75, 3.05) is 12.3 Å². The molecule has 3 rings (SSSR count). The van der Waals surface area contributed by atoms with Gasteiger partial charge in [0.25, 0.3) is 11.1 Å². The molecule has 2 aliphatic rings. The van der Waals surface area contributed by atoms with Crippen LogP contribution in [0.5, 0.6) is 0 Å². The summed E-state index contributed by atoms with van der Waals surface area (Å²) in [5, 5.41) is 3.21. The van der Waals surface area contributed by atoms with Crippen LogP contribution in [0.25, 0.3) is 6.08 Å². The number of amides is 3. The molecule has 1 unspecified atom stereocenters. The van der Waals surface area contributed by atoms with E-state index in [2.05, 4.69) is 5.32 Å². The summed E-state index contributed by atoms with van der Waals surface area (Å²) >= 11 is 0.826. The van der Waals surface area contributed by atoms with Crippen LogP contribution in [0.3, 0.4) is 0 Å². The van der Waals surface area contributed by atoms with Crippen molar-refractivity contribution < 1.29 is 22.8 Å². The summed E-state index contributed by atoms with van der Waals surface area (Å²) in [6, 6.07) is 8.96. The number of allylic oxidation sites excluding steroid dienone is 2. The smallest absolute Gasteiger partial charge is 0.293 e. The average molecular weight is 418 g/mol. The largest absolute Gasteiger partial charge is 0.349 e. The molecular weight excluding hydrogens is 400 g/mol. The second-order valence-corrected chi connectivity index (χ2v) is 9.13. The van der Waals surface area contributed by atoms with Gasteiger partial charge in [-0.05, 0) is 29.5 Å². The Morgan fingerprint density at radius 1 is 1.25 bits per heavy atom. The average Bonchev–Trinajstić information content (AvgIpc) is 3.12. The van der Waals surface area contributed by atoms with E-state index in [4.69, 9.17) is 0 Å². The molecule has 0 radical (unpaired) electrons. The van der Waals surface area contributed by atoms with Crippen molar-refractivity contribution in [3.05, 3.63) is 64.4 Å². The summed E-state index contributed by atoms with van der Waals surface area (Å²) in [6.07, 6.45) is 6.42. The molecule has 1 atom stereocenters. The van der Waals surface area contributed by atoms with E-state index in [-0.39, 0.29) is 18.7 Å². The Morgan fingerprint density at radius 2 is 2.00 bits per heavy atom. The highest BCUT2D eigenvalue weighted by Gasteiger charge is 2.34. The number of carbonyl (C=O) groups is 3. The van der Waals surface area contributed by atoms with Crippen LogP contribution in [0.4, 0.5) is 4.79 Å². The van der Waals surface area contributed by atoms with Gasteiger partial charge >= 0.3 is 0 Å². The standard InChI is InChI=1S/C19H18N2O5S2/c22-17(20-15-10-12-28(25,26)13-15)9-11-21-18(23)16(27-19(21)24)8-4-7-14-5-2-1-3-6-14/h1-8,10,12,15H,9,11,13H2,(H,20,22)/b7-4+,16-8-. The van der Waals surface area contributed by atoms with Gasteiger partial charge in [-0.3, -0.25) is 19.3 Å². The Hall–Kier alpha value is -2.65. The third-order valence-electron chi connectivity index (χ3n) is 4.05. The van der Waals surface area contributed by atoms with Gasteiger partial charge in [-0.1, -0.05) is 42.5 Å². The summed E-state index contributed by atoms with van der Waals surface area (Å²) < 4.78 is 22.7. The predicted octanol–water partition coefficient (Wildman–Crippen LogP) is 2.10. The maximum absolute atomic E-state index is 12.4. The van der Waals surface area contributed by atoms with Crippen LogP contribution in [0.2, 0.25) is 0 Å². The first kappa shape index (κ1) is 20.1. The minimum Gasteiger partial charge on any atom is -0.349 e. The summed E-state index contributed by atoms with van der Waals surface area (Å²) in [7, 11) is -3.26. The molecule has 28 heavy (non-hydrogen) atoms. The molecule has 1 fully saturated rings. The summed E-state index contributed by atoms with van der Waals surface area (Å²) in [4.78, 5) is 37.7. The van der Waals surface area contributed by atoms with Crippen molar-refractivity contribution in [3.8, 4) is 0 Å². The Labute approximate surface area is 167 Å². The van der Waals surface area contributed by atoms with E-state index in [0.717, 1.165) is 27.6 Å². The zero-order valence-corrected chi connectivity index (χ0v) is 16.4. The van der Waals surface area contributed by atoms with Crippen molar-refractivity contribution in [2.24, 2.45) is 0 Å². The number of nitrogens with zero attached hydrogens (tertiary/aromatic N) is 1. The van der Waals surface area contributed by atoms with Gasteiger partial charge in [0.2, 0.25) is 5.91 Å². The van der Waals surface area contributed by atoms with Crippen LogP contribution in [0.15, 0.2) is 58.9 Å². The zero-order valence-electron chi connectivity index (χ0n) is 14.8. The first-order valence-electron chi connectivity index (χ1n) is 8.51. The van der Waals surface area contributed by atoms with E-state index in [1.807, 2.05) is 36.4 Å². The SMILES string of the molecule is O=C(CCN1C(=O)S/C(=C\C=C\c2ccccc2)C1=O)NC1C=CS(=O)(=O)C1. The van der Waals surface area contributed by atoms with E-state index in [1.165, 1.54) is 6.08 Å². The number of benzene rings is 1. The van der Waals surface area contributed by atoms with Gasteiger partial charge in [0, 0.05) is 18.4 Å². The van der Waals surface area contributed by atoms with Crippen LogP contribution in [0.1, 0.15) is 12.0 Å². The van der Waals surface area contributed by atoms with Gasteiger partial charge < -0.3 is 5.32 Å². The maximum Gasteiger partial charge on any atom is 0.293 e. The van der Waals surface area contributed by atoms with Gasteiger partial charge in [0.1, 0.15) is 0 Å². The molecule has 3 amide bonds. The van der Waals surface area contributed by atoms with Crippen molar-refractivity contribution in [1.29, 1.82) is 0 Å². The van der Waals surface area contributed by atoms with E-state index >= 15 is 0 Å². The molecule has 0 bridgehead atoms. The molecule has 146 valence electrons. The molecular formula is C19H18N2O5S2. The number of carbonyl (C=O) groups excluding carboxylic acids is 3. The fourth-order valence-corrected chi connectivity index (χ4v) is 4.73. The highest BCUT2D eigenvalue weighted by molar-refractivity contribution is 8.18. The van der Waals surface area contributed by atoms with Crippen LogP contribution in [0, 0.1) is 0 Å². The van der Waals surface area contributed by atoms with Crippen molar-refractivity contribution in [2.45, 2.75) is 12.5 Å². The van der Waals surface area contributed by atoms with Crippen molar-refractivity contribution in [1.82, 2.24) is 10.2 Å². The monoisotopic (exact) mass is 418 g/mol. The first-order chi connectivity index (χ1) is 13.3. The molecule has 0 spiro atoms. The number of rotatable bonds is 6. The minimum absolute atomic E-state index is 0.0561. The predicted molar refractivity (Wildman–Crippen MR) is 108 cm³/mol. The van der Waals surface area contributed by atoms with Crippen molar-refractivity contribution in [3.63, 3.8) is 0 Å². The molecule has 1 saturated heterocycles. The minimum atomic E-state index is -3.26. The fourth-order valence-electron chi connectivity index (χ4n) is 2.68. The molecule has 1 aromatic rings. The Bertz CT molecular complexity index is 981. The normalized spacial score (nSPS) is 22.5. The van der Waals surface area contributed by atoms with Gasteiger partial charge in [-0.25, -0.2) is 8.42 Å². The Morgan fingerprint density at radius 3 is 2.68 bits per heavy atom. The lowest BCUT2D eigenvalue weighted by Gasteiger charge is -2.14. The lowest BCUT2D eigenvalue weighted by Crippen LogP contribution is -2.38. The number of hydrogen-bond donors (Lipinski definition) is 1. The number of sulfone groups is 1. The molecule has 9 heteroatoms. The highest BCUT2D eigenvalue weighted by Crippen LogP contribution is 2.30. The second kappa shape index (κ2) is 8.57. The van der Waals surface area contributed by atoms with E-state index in [0.29, 0.717) is 4.91 Å². The van der Waals surface area contributed by atoms with E-state index in [1.54, 1.807) is 12.2 Å². The second-order valence-electron chi connectivity index (χ2n) is 6.21. The molecule has 7 nitrogen and oxygen atoms in total. The molecule has 0 aromatic heterocycles. The van der Waals surface area contributed by atoms with Gasteiger partial charge in [0.15, 0.2) is 9.84 Å². The lowest BCUT2D eigenvalue weighted by atomic mass is 10.2. The number of imide groups is 1. The number of thioether (sulfide) groups is 1. The third kappa shape index (κ3) is 5.20. The fraction of sp³-hybridized carbons (Fsp3) is 0.211. The maximum atomic E-state index is 12.4. The molecule has 1 N–H and O–H groups in total. The summed E-state index contributed by atoms with van der Waals surface area (Å²) in [6.45, 7) is -0.0561. The lowest BCUT2D eigenvalue weighted by molar-refractivity contribution is -0.124. The van der Waals surface area contributed by atoms with Crippen molar-refractivity contribution >= 4 is 44.7 Å². The number of hydrogen-bond acceptors (Lipinski definition) is 6. The number of nitrogens with one attached hydrogen (secondary N) is 1. The Kier molecular flexibility index (Phi) is 6.15. The molecule has 2 heterocycles. The van der Waals surface area contributed by atoms with Gasteiger partial charge in [0.05, 0.1) is 16.7 Å². The van der Waals surface area contributed by atoms with E-state index < -0.39 is 32.9 Å². The van der Waals surface area contributed by atoms with Crippen LogP contribution in [-0.2, 0) is 19.4 Å². The molecule has 1 aromatic carbocycles. The van der Waals surface area contributed by atoms with Gasteiger partial charge in [-0.2, -0.15) is 0 Å². The molecule has 0 aliphatic carbocycles. The topological polar surface area (TPSA) is 101 Å². The van der Waals surface area contributed by atoms with Crippen LogP contribution >= 0.6 is 11.8 Å². The quantitative estimate of drug-likeness (QED) is 0.710. The van der Waals surface area contributed by atoms with Crippen LogP contribution in [-0.4, -0.2) is 48.7 Å². The summed E-state index contributed by atoms with van der Waals surface area (Å²) in [5.41, 5.74) is 0.970. The molecule has 2 aliphatic heterocycles. The zero-order chi connectivity index (χ0) is 20.1. The highest BCUT2D eigenvalue weighted by atomic mass is 32.2. The molecule has 0 saturated carbocycles. The van der Waals surface area contributed by atoms with E-state index in [9.17, 15) is 22.8 Å². The van der Waals surface area contributed by atoms with Crippen LogP contribution < -0.4 is 5.32 Å².